The maximum Gasteiger partial charge on any atom is 0.0461 e. The minimum Gasteiger partial charge on any atom is -0.302 e. The van der Waals surface area contributed by atoms with Crippen LogP contribution in [0.5, 0.6) is 0 Å². The van der Waals surface area contributed by atoms with Crippen molar-refractivity contribution in [2.45, 2.75) is 26.8 Å². The summed E-state index contributed by atoms with van der Waals surface area (Å²) in [5.74, 6) is 0. The zero-order chi connectivity index (χ0) is 9.68. The lowest BCUT2D eigenvalue weighted by atomic mass is 10.1. The Morgan fingerprint density at radius 2 is 2.15 bits per heavy atom. The van der Waals surface area contributed by atoms with Crippen molar-refractivity contribution in [3.63, 3.8) is 0 Å². The highest BCUT2D eigenvalue weighted by Gasteiger charge is 2.12. The van der Waals surface area contributed by atoms with Crippen molar-refractivity contribution in [1.82, 2.24) is 9.88 Å². The van der Waals surface area contributed by atoms with Gasteiger partial charge in [-0.1, -0.05) is 19.9 Å². The molecule has 0 aliphatic carbocycles. The van der Waals surface area contributed by atoms with Crippen molar-refractivity contribution >= 4 is 0 Å². The Bertz CT molecular complexity index is 258. The maximum absolute atomic E-state index is 4.33. The first-order valence-electron chi connectivity index (χ1n) is 4.97. The summed E-state index contributed by atoms with van der Waals surface area (Å²) in [5, 5.41) is 0. The quantitative estimate of drug-likeness (QED) is 0.605. The number of hydrogen-bond acceptors (Lipinski definition) is 2. The second-order valence-corrected chi connectivity index (χ2v) is 3.10. The van der Waals surface area contributed by atoms with Gasteiger partial charge in [0.05, 0.1) is 0 Å². The fraction of sp³-hybridized carbons (Fsp3) is 0.545. The van der Waals surface area contributed by atoms with Gasteiger partial charge in [-0.25, -0.2) is 0 Å². The third-order valence-corrected chi connectivity index (χ3v) is 2.16. The van der Waals surface area contributed by atoms with Crippen LogP contribution in [0.15, 0.2) is 18.3 Å². The third-order valence-electron chi connectivity index (χ3n) is 2.16. The van der Waals surface area contributed by atoms with Gasteiger partial charge < -0.3 is 4.90 Å². The van der Waals surface area contributed by atoms with E-state index in [4.69, 9.17) is 0 Å². The summed E-state index contributed by atoms with van der Waals surface area (Å²) in [7, 11) is 2.15. The molecule has 1 aromatic heterocycles. The molecule has 2 heteroatoms. The van der Waals surface area contributed by atoms with Gasteiger partial charge in [-0.2, -0.15) is 0 Å². The molecular formula is C11H18N2. The molecule has 13 heavy (non-hydrogen) atoms. The van der Waals surface area contributed by atoms with Crippen LogP contribution in [0.25, 0.3) is 0 Å². The van der Waals surface area contributed by atoms with E-state index in [1.165, 1.54) is 11.3 Å². The Kier molecular flexibility index (Phi) is 3.90. The van der Waals surface area contributed by atoms with Crippen molar-refractivity contribution in [3.05, 3.63) is 29.6 Å². The summed E-state index contributed by atoms with van der Waals surface area (Å²) in [6, 6.07) is 4.18. The van der Waals surface area contributed by atoms with E-state index in [2.05, 4.69) is 23.0 Å². The van der Waals surface area contributed by atoms with Crippen LogP contribution in [0.2, 0.25) is 0 Å². The van der Waals surface area contributed by atoms with Gasteiger partial charge in [0, 0.05) is 31.4 Å². The van der Waals surface area contributed by atoms with Gasteiger partial charge in [0.15, 0.2) is 0 Å². The van der Waals surface area contributed by atoms with Gasteiger partial charge in [0.1, 0.15) is 0 Å². The molecule has 1 aliphatic heterocycles. The predicted octanol–water partition coefficient (Wildman–Crippen LogP) is 2.10. The molecule has 2 heterocycles. The van der Waals surface area contributed by atoms with Crippen LogP contribution in [0.3, 0.4) is 0 Å². The number of likely N-dealkylation sites (N-methyl/N-ethyl adjacent to an activating group) is 1. The summed E-state index contributed by atoms with van der Waals surface area (Å²) in [4.78, 5) is 6.65. The Morgan fingerprint density at radius 1 is 1.38 bits per heavy atom. The van der Waals surface area contributed by atoms with E-state index in [1.807, 2.05) is 26.1 Å². The minimum absolute atomic E-state index is 1.06. The molecule has 0 fully saturated rings. The highest BCUT2D eigenvalue weighted by Crippen LogP contribution is 2.13. The Balaban J connectivity index is 0.000000396. The monoisotopic (exact) mass is 178 g/mol. The van der Waals surface area contributed by atoms with Gasteiger partial charge >= 0.3 is 0 Å². The van der Waals surface area contributed by atoms with Crippen molar-refractivity contribution in [2.24, 2.45) is 0 Å². The van der Waals surface area contributed by atoms with Gasteiger partial charge in [-0.05, 0) is 18.7 Å². The van der Waals surface area contributed by atoms with Crippen molar-refractivity contribution < 1.29 is 0 Å². The van der Waals surface area contributed by atoms with E-state index in [0.29, 0.717) is 0 Å². The SMILES string of the molecule is CC.CN1CCc2ncccc2C1. The summed E-state index contributed by atoms with van der Waals surface area (Å²) in [6.07, 6.45) is 2.98. The second kappa shape index (κ2) is 4.97. The van der Waals surface area contributed by atoms with Crippen LogP contribution in [0.1, 0.15) is 25.1 Å². The molecule has 0 amide bonds. The highest BCUT2D eigenvalue weighted by atomic mass is 15.1. The molecule has 1 aliphatic rings. The van der Waals surface area contributed by atoms with E-state index >= 15 is 0 Å². The number of fused-ring (bicyclic) bond motifs is 1. The zero-order valence-electron chi connectivity index (χ0n) is 8.75. The molecule has 2 rings (SSSR count). The zero-order valence-corrected chi connectivity index (χ0v) is 8.75. The lowest BCUT2D eigenvalue weighted by molar-refractivity contribution is 0.310. The van der Waals surface area contributed by atoms with Crippen LogP contribution in [-0.4, -0.2) is 23.5 Å². The predicted molar refractivity (Wildman–Crippen MR) is 55.6 cm³/mol. The van der Waals surface area contributed by atoms with E-state index in [0.717, 1.165) is 19.5 Å². The summed E-state index contributed by atoms with van der Waals surface area (Å²) < 4.78 is 0. The van der Waals surface area contributed by atoms with E-state index in [1.54, 1.807) is 0 Å². The fourth-order valence-electron chi connectivity index (χ4n) is 1.51. The molecule has 0 unspecified atom stereocenters. The second-order valence-electron chi connectivity index (χ2n) is 3.10. The summed E-state index contributed by atoms with van der Waals surface area (Å²) in [5.41, 5.74) is 2.67. The third kappa shape index (κ3) is 2.52. The molecule has 72 valence electrons. The molecule has 0 atom stereocenters. The topological polar surface area (TPSA) is 16.1 Å². The van der Waals surface area contributed by atoms with E-state index in [9.17, 15) is 0 Å². The van der Waals surface area contributed by atoms with Crippen molar-refractivity contribution in [3.8, 4) is 0 Å². The molecule has 0 N–H and O–H groups in total. The number of hydrogen-bond donors (Lipinski definition) is 0. The number of nitrogens with zero attached hydrogens (tertiary/aromatic N) is 2. The Labute approximate surface area is 80.6 Å². The Morgan fingerprint density at radius 3 is 2.92 bits per heavy atom. The lowest BCUT2D eigenvalue weighted by Gasteiger charge is -2.23. The maximum atomic E-state index is 4.33. The molecule has 0 radical (unpaired) electrons. The van der Waals surface area contributed by atoms with Crippen LogP contribution in [0, 0.1) is 0 Å². The van der Waals surface area contributed by atoms with Crippen LogP contribution in [-0.2, 0) is 13.0 Å². The lowest BCUT2D eigenvalue weighted by Crippen LogP contribution is -2.26. The normalized spacial score (nSPS) is 15.6. The first kappa shape index (κ1) is 10.2. The molecule has 0 saturated heterocycles. The summed E-state index contributed by atoms with van der Waals surface area (Å²) >= 11 is 0. The smallest absolute Gasteiger partial charge is 0.0461 e. The van der Waals surface area contributed by atoms with Gasteiger partial charge in [0.25, 0.3) is 0 Å². The first-order valence-corrected chi connectivity index (χ1v) is 4.97. The van der Waals surface area contributed by atoms with Crippen LogP contribution < -0.4 is 0 Å². The summed E-state index contributed by atoms with van der Waals surface area (Å²) in [6.45, 7) is 6.20. The molecule has 0 saturated carbocycles. The van der Waals surface area contributed by atoms with E-state index < -0.39 is 0 Å². The fourth-order valence-corrected chi connectivity index (χ4v) is 1.51. The van der Waals surface area contributed by atoms with Crippen molar-refractivity contribution in [1.29, 1.82) is 0 Å². The number of rotatable bonds is 0. The molecule has 0 spiro atoms. The molecule has 1 aromatic rings. The molecule has 0 aromatic carbocycles. The van der Waals surface area contributed by atoms with Crippen molar-refractivity contribution in [2.75, 3.05) is 13.6 Å². The number of aromatic nitrogens is 1. The van der Waals surface area contributed by atoms with Crippen LogP contribution in [0.4, 0.5) is 0 Å². The van der Waals surface area contributed by atoms with E-state index in [-0.39, 0.29) is 0 Å². The average molecular weight is 178 g/mol. The average Bonchev–Trinajstić information content (AvgIpc) is 2.21. The standard InChI is InChI=1S/C9H12N2.C2H6/c1-11-6-4-9-8(7-11)3-2-5-10-9;1-2/h2-3,5H,4,6-7H2,1H3;1-2H3. The van der Waals surface area contributed by atoms with Crippen LogP contribution >= 0.6 is 0 Å². The molecule has 2 nitrogen and oxygen atoms in total. The minimum atomic E-state index is 1.06. The van der Waals surface area contributed by atoms with Gasteiger partial charge in [-0.15, -0.1) is 0 Å². The molecular weight excluding hydrogens is 160 g/mol. The largest absolute Gasteiger partial charge is 0.302 e. The number of pyridine rings is 1. The highest BCUT2D eigenvalue weighted by molar-refractivity contribution is 5.21. The van der Waals surface area contributed by atoms with Gasteiger partial charge in [0.2, 0.25) is 0 Å². The molecule has 0 bridgehead atoms. The van der Waals surface area contributed by atoms with Gasteiger partial charge in [-0.3, -0.25) is 4.98 Å². The Hall–Kier alpha value is -0.890. The first-order chi connectivity index (χ1) is 6.36.